The van der Waals surface area contributed by atoms with Gasteiger partial charge in [-0.05, 0) is 67.7 Å². The molecule has 0 radical (unpaired) electrons. The van der Waals surface area contributed by atoms with Gasteiger partial charge < -0.3 is 9.64 Å². The predicted molar refractivity (Wildman–Crippen MR) is 106 cm³/mol. The molecule has 4 rings (SSSR count). The van der Waals surface area contributed by atoms with Crippen molar-refractivity contribution < 1.29 is 9.53 Å². The van der Waals surface area contributed by atoms with Gasteiger partial charge in [-0.15, -0.1) is 0 Å². The van der Waals surface area contributed by atoms with E-state index in [1.54, 1.807) is 0 Å². The van der Waals surface area contributed by atoms with E-state index < -0.39 is 0 Å². The van der Waals surface area contributed by atoms with Gasteiger partial charge in [0.15, 0.2) is 6.61 Å². The molecule has 2 bridgehead atoms. The number of carbonyl (C=O) groups excluding carboxylic acids is 1. The van der Waals surface area contributed by atoms with Gasteiger partial charge in [-0.3, -0.25) is 9.69 Å². The summed E-state index contributed by atoms with van der Waals surface area (Å²) in [5, 5.41) is 0. The molecule has 0 spiro atoms. The van der Waals surface area contributed by atoms with Crippen LogP contribution in [0.1, 0.15) is 31.2 Å². The third-order valence-corrected chi connectivity index (χ3v) is 7.08. The van der Waals surface area contributed by atoms with Crippen molar-refractivity contribution in [1.29, 1.82) is 0 Å². The highest BCUT2D eigenvalue weighted by Gasteiger charge is 2.40. The minimum Gasteiger partial charge on any atom is -0.483 e. The average Bonchev–Trinajstić information content (AvgIpc) is 3.24. The van der Waals surface area contributed by atoms with Crippen molar-refractivity contribution in [2.45, 2.75) is 32.6 Å². The number of carbonyl (C=O) groups is 1. The van der Waals surface area contributed by atoms with Gasteiger partial charge in [0.1, 0.15) is 5.75 Å². The Morgan fingerprint density at radius 2 is 2.00 bits per heavy atom. The maximum atomic E-state index is 12.5. The van der Waals surface area contributed by atoms with E-state index in [-0.39, 0.29) is 12.5 Å². The van der Waals surface area contributed by atoms with Crippen LogP contribution in [-0.4, -0.2) is 55.0 Å². The lowest BCUT2D eigenvalue weighted by Crippen LogP contribution is -2.51. The van der Waals surface area contributed by atoms with E-state index in [9.17, 15) is 4.79 Å². The van der Waals surface area contributed by atoms with Crippen LogP contribution < -0.4 is 4.74 Å². The molecule has 2 saturated carbocycles. The number of hydrogen-bond acceptors (Lipinski definition) is 3. The fourth-order valence-corrected chi connectivity index (χ4v) is 5.59. The molecule has 1 amide bonds. The molecule has 2 aliphatic carbocycles. The van der Waals surface area contributed by atoms with E-state index in [1.165, 1.54) is 32.2 Å². The first-order valence-corrected chi connectivity index (χ1v) is 10.8. The lowest BCUT2D eigenvalue weighted by molar-refractivity contribution is -0.135. The van der Waals surface area contributed by atoms with Crippen LogP contribution in [0.15, 0.2) is 22.7 Å². The first-order valence-electron chi connectivity index (χ1n) is 9.97. The standard InChI is InChI=1S/C21H29BrN2O2/c1-15-10-19(22)4-5-20(15)26-14-21(25)24-8-6-23(7-9-24)13-18-12-16-2-3-17(18)11-16/h4-5,10,16-18H,2-3,6-9,11-14H2,1H3. The third-order valence-electron chi connectivity index (χ3n) is 6.59. The largest absolute Gasteiger partial charge is 0.483 e. The Kier molecular flexibility index (Phi) is 5.55. The highest BCUT2D eigenvalue weighted by atomic mass is 79.9. The molecule has 0 aromatic heterocycles. The molecule has 4 nitrogen and oxygen atoms in total. The van der Waals surface area contributed by atoms with Gasteiger partial charge in [0.05, 0.1) is 0 Å². The number of ether oxygens (including phenoxy) is 1. The number of amides is 1. The molecule has 3 unspecified atom stereocenters. The number of halogens is 1. The Bertz CT molecular complexity index is 657. The van der Waals surface area contributed by atoms with Crippen LogP contribution in [0.2, 0.25) is 0 Å². The smallest absolute Gasteiger partial charge is 0.260 e. The average molecular weight is 421 g/mol. The van der Waals surface area contributed by atoms with Gasteiger partial charge in [0, 0.05) is 37.2 Å². The second kappa shape index (κ2) is 7.89. The molecule has 0 N–H and O–H groups in total. The van der Waals surface area contributed by atoms with Gasteiger partial charge in [-0.2, -0.15) is 0 Å². The summed E-state index contributed by atoms with van der Waals surface area (Å²) in [5.74, 6) is 3.82. The van der Waals surface area contributed by atoms with E-state index in [0.29, 0.717) is 0 Å². The van der Waals surface area contributed by atoms with Gasteiger partial charge in [-0.25, -0.2) is 0 Å². The number of hydrogen-bond donors (Lipinski definition) is 0. The number of rotatable bonds is 5. The van der Waals surface area contributed by atoms with Crippen LogP contribution in [-0.2, 0) is 4.79 Å². The summed E-state index contributed by atoms with van der Waals surface area (Å²) >= 11 is 3.45. The Morgan fingerprint density at radius 1 is 1.19 bits per heavy atom. The highest BCUT2D eigenvalue weighted by Crippen LogP contribution is 2.48. The Labute approximate surface area is 165 Å². The molecule has 1 heterocycles. The Hall–Kier alpha value is -1.07. The second-order valence-electron chi connectivity index (χ2n) is 8.31. The molecule has 5 heteroatoms. The number of benzene rings is 1. The molecule has 1 aliphatic heterocycles. The van der Waals surface area contributed by atoms with Crippen LogP contribution in [0.25, 0.3) is 0 Å². The molecule has 3 atom stereocenters. The monoisotopic (exact) mass is 420 g/mol. The van der Waals surface area contributed by atoms with Crippen LogP contribution in [0.5, 0.6) is 5.75 Å². The SMILES string of the molecule is Cc1cc(Br)ccc1OCC(=O)N1CCN(CC2CC3CCC2C3)CC1. The van der Waals surface area contributed by atoms with Crippen molar-refractivity contribution in [2.75, 3.05) is 39.3 Å². The summed E-state index contributed by atoms with van der Waals surface area (Å²) < 4.78 is 6.78. The fraction of sp³-hybridized carbons (Fsp3) is 0.667. The minimum atomic E-state index is 0.104. The normalized spacial score (nSPS) is 28.5. The van der Waals surface area contributed by atoms with Gasteiger partial charge in [0.2, 0.25) is 0 Å². The Balaban J connectivity index is 1.21. The first-order chi connectivity index (χ1) is 12.6. The summed E-state index contributed by atoms with van der Waals surface area (Å²) in [5.41, 5.74) is 1.04. The topological polar surface area (TPSA) is 32.8 Å². The number of aryl methyl sites for hydroxylation is 1. The second-order valence-corrected chi connectivity index (χ2v) is 9.23. The molecule has 26 heavy (non-hydrogen) atoms. The van der Waals surface area contributed by atoms with Crippen LogP contribution in [0.4, 0.5) is 0 Å². The molecular weight excluding hydrogens is 392 g/mol. The van der Waals surface area contributed by atoms with Gasteiger partial charge in [0.25, 0.3) is 5.91 Å². The van der Waals surface area contributed by atoms with Crippen molar-refractivity contribution >= 4 is 21.8 Å². The van der Waals surface area contributed by atoms with E-state index in [2.05, 4.69) is 20.8 Å². The lowest BCUT2D eigenvalue weighted by atomic mass is 9.88. The molecule has 1 saturated heterocycles. The summed E-state index contributed by atoms with van der Waals surface area (Å²) in [6.45, 7) is 7.07. The molecular formula is C21H29BrN2O2. The van der Waals surface area contributed by atoms with Gasteiger partial charge >= 0.3 is 0 Å². The maximum Gasteiger partial charge on any atom is 0.260 e. The fourth-order valence-electron chi connectivity index (χ4n) is 5.12. The molecule has 1 aromatic carbocycles. The van der Waals surface area contributed by atoms with E-state index >= 15 is 0 Å². The quantitative estimate of drug-likeness (QED) is 0.727. The van der Waals surface area contributed by atoms with E-state index in [1.807, 2.05) is 30.0 Å². The summed E-state index contributed by atoms with van der Waals surface area (Å²) in [4.78, 5) is 17.0. The van der Waals surface area contributed by atoms with Crippen LogP contribution >= 0.6 is 15.9 Å². The third kappa shape index (κ3) is 4.09. The lowest BCUT2D eigenvalue weighted by Gasteiger charge is -2.37. The summed E-state index contributed by atoms with van der Waals surface area (Å²) in [6.07, 6.45) is 5.86. The van der Waals surface area contributed by atoms with E-state index in [4.69, 9.17) is 4.74 Å². The van der Waals surface area contributed by atoms with Gasteiger partial charge in [-0.1, -0.05) is 22.4 Å². The number of nitrogens with zero attached hydrogens (tertiary/aromatic N) is 2. The highest BCUT2D eigenvalue weighted by molar-refractivity contribution is 9.10. The molecule has 1 aromatic rings. The first kappa shape index (κ1) is 18.3. The maximum absolute atomic E-state index is 12.5. The predicted octanol–water partition coefficient (Wildman–Crippen LogP) is 3.72. The molecule has 3 fully saturated rings. The summed E-state index contributed by atoms with van der Waals surface area (Å²) in [7, 11) is 0. The minimum absolute atomic E-state index is 0.104. The van der Waals surface area contributed by atoms with Crippen molar-refractivity contribution in [3.05, 3.63) is 28.2 Å². The van der Waals surface area contributed by atoms with E-state index in [0.717, 1.165) is 59.7 Å². The van der Waals surface area contributed by atoms with Crippen LogP contribution in [0, 0.1) is 24.7 Å². The zero-order valence-corrected chi connectivity index (χ0v) is 17.2. The zero-order chi connectivity index (χ0) is 18.1. The molecule has 142 valence electrons. The van der Waals surface area contributed by atoms with Crippen LogP contribution in [0.3, 0.4) is 0 Å². The molecule has 3 aliphatic rings. The summed E-state index contributed by atoms with van der Waals surface area (Å²) in [6, 6.07) is 5.87. The van der Waals surface area contributed by atoms with Crippen molar-refractivity contribution in [1.82, 2.24) is 9.80 Å². The zero-order valence-electron chi connectivity index (χ0n) is 15.6. The Morgan fingerprint density at radius 3 is 2.65 bits per heavy atom. The number of piperazine rings is 1. The van der Waals surface area contributed by atoms with Crippen molar-refractivity contribution in [2.24, 2.45) is 17.8 Å². The van der Waals surface area contributed by atoms with Crippen molar-refractivity contribution in [3.63, 3.8) is 0 Å². The van der Waals surface area contributed by atoms with Crippen molar-refractivity contribution in [3.8, 4) is 5.75 Å². The number of fused-ring (bicyclic) bond motifs is 2.